The van der Waals surface area contributed by atoms with E-state index in [1.165, 1.54) is 0 Å². The molecule has 0 aromatic carbocycles. The van der Waals surface area contributed by atoms with Crippen LogP contribution in [0.25, 0.3) is 0 Å². The van der Waals surface area contributed by atoms with E-state index in [2.05, 4.69) is 11.9 Å². The molecule has 1 rings (SSSR count). The molecule has 10 heavy (non-hydrogen) atoms. The summed E-state index contributed by atoms with van der Waals surface area (Å²) in [6.45, 7) is 3.36. The maximum atomic E-state index is 12.5. The van der Waals surface area contributed by atoms with Gasteiger partial charge in [0.2, 0.25) is 5.95 Å². The highest BCUT2D eigenvalue weighted by molar-refractivity contribution is 5.14. The van der Waals surface area contributed by atoms with Gasteiger partial charge in [0.1, 0.15) is 5.82 Å². The lowest BCUT2D eigenvalue weighted by Gasteiger charge is -1.97. The Hall–Kier alpha value is -0.990. The highest BCUT2D eigenvalue weighted by Gasteiger charge is 2.05. The van der Waals surface area contributed by atoms with Gasteiger partial charge < -0.3 is 0 Å². The van der Waals surface area contributed by atoms with Crippen LogP contribution in [0.15, 0.2) is 12.3 Å². The van der Waals surface area contributed by atoms with Crippen molar-refractivity contribution in [3.05, 3.63) is 36.5 Å². The summed E-state index contributed by atoms with van der Waals surface area (Å²) in [7, 11) is 0. The summed E-state index contributed by atoms with van der Waals surface area (Å²) in [6.07, 6.45) is 1.18. The van der Waals surface area contributed by atoms with Crippen LogP contribution in [0.4, 0.5) is 8.78 Å². The molecule has 1 heterocycles. The van der Waals surface area contributed by atoms with Crippen LogP contribution in [-0.2, 0) is 6.42 Å². The van der Waals surface area contributed by atoms with Crippen molar-refractivity contribution >= 4 is 0 Å². The molecule has 3 heteroatoms. The predicted octanol–water partition coefficient (Wildman–Crippen LogP) is 1.74. The second-order valence-corrected chi connectivity index (χ2v) is 1.81. The number of pyridine rings is 1. The Morgan fingerprint density at radius 3 is 2.60 bits per heavy atom. The Morgan fingerprint density at radius 1 is 1.50 bits per heavy atom. The second kappa shape index (κ2) is 2.73. The number of halogens is 2. The molecule has 0 unspecified atom stereocenters. The molecule has 1 aromatic heterocycles. The minimum absolute atomic E-state index is 0.0532. The summed E-state index contributed by atoms with van der Waals surface area (Å²) in [5.74, 6) is -1.35. The van der Waals surface area contributed by atoms with Gasteiger partial charge in [-0.05, 0) is 19.4 Å². The monoisotopic (exact) mass is 142 g/mol. The van der Waals surface area contributed by atoms with Crippen molar-refractivity contribution in [2.45, 2.75) is 6.42 Å². The number of aromatic nitrogens is 1. The molecular weight excluding hydrogens is 136 g/mol. The standard InChI is InChI=1S/C7H6F2N/c1-2-5-6(8)3-4-10-7(5)9/h3-4H,1-2H2. The van der Waals surface area contributed by atoms with Crippen LogP contribution in [0.5, 0.6) is 0 Å². The van der Waals surface area contributed by atoms with Gasteiger partial charge in [-0.15, -0.1) is 0 Å². The van der Waals surface area contributed by atoms with Crippen molar-refractivity contribution in [1.29, 1.82) is 0 Å². The smallest absolute Gasteiger partial charge is 0.218 e. The molecule has 53 valence electrons. The van der Waals surface area contributed by atoms with E-state index in [0.29, 0.717) is 0 Å². The summed E-state index contributed by atoms with van der Waals surface area (Å²) in [4.78, 5) is 3.26. The van der Waals surface area contributed by atoms with Crippen molar-refractivity contribution in [2.75, 3.05) is 0 Å². The van der Waals surface area contributed by atoms with E-state index >= 15 is 0 Å². The van der Waals surface area contributed by atoms with Gasteiger partial charge in [-0.25, -0.2) is 9.37 Å². The summed E-state index contributed by atoms with van der Waals surface area (Å²) >= 11 is 0. The van der Waals surface area contributed by atoms with Crippen molar-refractivity contribution < 1.29 is 8.78 Å². The molecule has 0 fully saturated rings. The first-order valence-electron chi connectivity index (χ1n) is 2.84. The minimum atomic E-state index is -0.769. The van der Waals surface area contributed by atoms with Crippen LogP contribution in [0.3, 0.4) is 0 Å². The van der Waals surface area contributed by atoms with Gasteiger partial charge in [0.05, 0.1) is 0 Å². The normalized spacial score (nSPS) is 9.90. The highest BCUT2D eigenvalue weighted by Crippen LogP contribution is 2.08. The van der Waals surface area contributed by atoms with Gasteiger partial charge >= 0.3 is 0 Å². The lowest BCUT2D eigenvalue weighted by Crippen LogP contribution is -1.95. The van der Waals surface area contributed by atoms with E-state index in [9.17, 15) is 8.78 Å². The summed E-state index contributed by atoms with van der Waals surface area (Å²) in [5.41, 5.74) is -0.0532. The molecule has 0 spiro atoms. The number of hydrogen-bond donors (Lipinski definition) is 0. The Balaban J connectivity index is 3.17. The van der Waals surface area contributed by atoms with Gasteiger partial charge in [0.15, 0.2) is 0 Å². The average molecular weight is 142 g/mol. The second-order valence-electron chi connectivity index (χ2n) is 1.81. The Morgan fingerprint density at radius 2 is 2.20 bits per heavy atom. The van der Waals surface area contributed by atoms with E-state index in [-0.39, 0.29) is 12.0 Å². The molecular formula is C7H6F2N. The Kier molecular flexibility index (Phi) is 1.94. The summed E-state index contributed by atoms with van der Waals surface area (Å²) in [5, 5.41) is 0. The molecule has 0 saturated heterocycles. The molecule has 1 aromatic rings. The van der Waals surface area contributed by atoms with Gasteiger partial charge in [-0.3, -0.25) is 0 Å². The van der Waals surface area contributed by atoms with Crippen LogP contribution < -0.4 is 0 Å². The molecule has 0 aliphatic heterocycles. The van der Waals surface area contributed by atoms with Crippen molar-refractivity contribution in [3.63, 3.8) is 0 Å². The first-order chi connectivity index (χ1) is 4.75. The largest absolute Gasteiger partial charge is 0.228 e. The number of nitrogens with zero attached hydrogens (tertiary/aromatic N) is 1. The molecule has 0 aliphatic rings. The Labute approximate surface area is 57.7 Å². The molecule has 0 atom stereocenters. The average Bonchev–Trinajstić information content (AvgIpc) is 1.88. The zero-order chi connectivity index (χ0) is 7.56. The number of hydrogen-bond acceptors (Lipinski definition) is 1. The third kappa shape index (κ3) is 1.12. The fourth-order valence-corrected chi connectivity index (χ4v) is 0.668. The molecule has 0 bridgehead atoms. The van der Waals surface area contributed by atoms with Crippen LogP contribution >= 0.6 is 0 Å². The van der Waals surface area contributed by atoms with Gasteiger partial charge in [0, 0.05) is 11.8 Å². The van der Waals surface area contributed by atoms with E-state index in [1.807, 2.05) is 0 Å². The number of rotatable bonds is 1. The molecule has 1 nitrogen and oxygen atoms in total. The molecule has 0 amide bonds. The van der Waals surface area contributed by atoms with Gasteiger partial charge in [0.25, 0.3) is 0 Å². The van der Waals surface area contributed by atoms with Crippen LogP contribution in [-0.4, -0.2) is 4.98 Å². The predicted molar refractivity (Wildman–Crippen MR) is 33.2 cm³/mol. The van der Waals surface area contributed by atoms with E-state index in [1.54, 1.807) is 0 Å². The maximum Gasteiger partial charge on any atom is 0.218 e. The zero-order valence-electron chi connectivity index (χ0n) is 5.27. The fourth-order valence-electron chi connectivity index (χ4n) is 0.668. The summed E-state index contributed by atoms with van der Waals surface area (Å²) < 4.78 is 25.0. The zero-order valence-corrected chi connectivity index (χ0v) is 5.27. The quantitative estimate of drug-likeness (QED) is 0.544. The van der Waals surface area contributed by atoms with Gasteiger partial charge in [-0.1, -0.05) is 0 Å². The third-order valence-electron chi connectivity index (χ3n) is 1.20. The maximum absolute atomic E-state index is 12.5. The van der Waals surface area contributed by atoms with Crippen molar-refractivity contribution in [1.82, 2.24) is 4.98 Å². The third-order valence-corrected chi connectivity index (χ3v) is 1.20. The summed E-state index contributed by atoms with van der Waals surface area (Å²) in [6, 6.07) is 1.11. The molecule has 1 radical (unpaired) electrons. The first kappa shape index (κ1) is 7.12. The fraction of sp³-hybridized carbons (Fsp3) is 0.143. The van der Waals surface area contributed by atoms with E-state index < -0.39 is 11.8 Å². The molecule has 0 saturated carbocycles. The lowest BCUT2D eigenvalue weighted by molar-refractivity contribution is 0.532. The SMILES string of the molecule is [CH2]Cc1c(F)ccnc1F. The highest BCUT2D eigenvalue weighted by atomic mass is 19.1. The minimum Gasteiger partial charge on any atom is -0.228 e. The van der Waals surface area contributed by atoms with Crippen LogP contribution in [0, 0.1) is 18.7 Å². The lowest BCUT2D eigenvalue weighted by atomic mass is 10.2. The van der Waals surface area contributed by atoms with E-state index in [0.717, 1.165) is 12.3 Å². The van der Waals surface area contributed by atoms with Crippen LogP contribution in [0.2, 0.25) is 0 Å². The Bertz CT molecular complexity index is 215. The molecule has 0 N–H and O–H groups in total. The topological polar surface area (TPSA) is 12.9 Å². The van der Waals surface area contributed by atoms with Gasteiger partial charge in [-0.2, -0.15) is 4.39 Å². The van der Waals surface area contributed by atoms with Crippen molar-refractivity contribution in [3.8, 4) is 0 Å². The van der Waals surface area contributed by atoms with E-state index in [4.69, 9.17) is 0 Å². The van der Waals surface area contributed by atoms with Crippen molar-refractivity contribution in [2.24, 2.45) is 0 Å². The molecule has 0 aliphatic carbocycles. The van der Waals surface area contributed by atoms with Crippen LogP contribution in [0.1, 0.15) is 5.56 Å². The first-order valence-corrected chi connectivity index (χ1v) is 2.84.